The Labute approximate surface area is 373 Å². The topological polar surface area (TPSA) is 46.1 Å². The molecule has 0 atom stereocenters. The van der Waals surface area contributed by atoms with Gasteiger partial charge in [0.25, 0.3) is 0 Å². The highest BCUT2D eigenvalue weighted by Crippen LogP contribution is 2.44. The molecule has 0 aliphatic carbocycles. The van der Waals surface area contributed by atoms with E-state index in [1.807, 2.05) is 54.6 Å². The molecule has 0 radical (unpaired) electrons. The maximum absolute atomic E-state index is 13.8. The van der Waals surface area contributed by atoms with Crippen molar-refractivity contribution in [3.8, 4) is 22.5 Å². The Morgan fingerprint density at radius 3 is 1.50 bits per heavy atom. The van der Waals surface area contributed by atoms with Crippen molar-refractivity contribution >= 4 is 72.0 Å². The molecule has 1 N–H and O–H groups in total. The third-order valence-corrected chi connectivity index (χ3v) is 12.2. The van der Waals surface area contributed by atoms with Crippen molar-refractivity contribution in [1.29, 1.82) is 5.41 Å². The summed E-state index contributed by atoms with van der Waals surface area (Å²) in [5.74, 6) is 0. The molecule has 0 fully saturated rings. The maximum Gasteiger partial charge on any atom is 0.416 e. The molecular formula is C56H34F6N4. The minimum absolute atomic E-state index is 0.0610. The predicted octanol–water partition coefficient (Wildman–Crippen LogP) is 15.9. The SMILES string of the molecule is N=C(c1cc(C(F)(F)F)cc(C(F)(F)F)c1)c1ccc2ccccc2c1N=Cc1ccc(-n2c3ccccc3c3c(-c4cccc5c4c4ccccc4n5-c4ccccc4)cccc32)cc1. The molecule has 0 spiro atoms. The second-order valence-corrected chi connectivity index (χ2v) is 16.1. The number of alkyl halides is 6. The highest BCUT2D eigenvalue weighted by atomic mass is 19.4. The summed E-state index contributed by atoms with van der Waals surface area (Å²) in [7, 11) is 0. The summed E-state index contributed by atoms with van der Waals surface area (Å²) in [6.45, 7) is 0. The first-order valence-corrected chi connectivity index (χ1v) is 21.1. The van der Waals surface area contributed by atoms with Gasteiger partial charge in [0.2, 0.25) is 0 Å². The number of hydrogen-bond donors (Lipinski definition) is 1. The lowest BCUT2D eigenvalue weighted by Crippen LogP contribution is -2.14. The number of aliphatic imine (C=N–C) groups is 1. The quantitative estimate of drug-likeness (QED) is 0.122. The van der Waals surface area contributed by atoms with E-state index in [2.05, 4.69) is 106 Å². The van der Waals surface area contributed by atoms with E-state index in [1.165, 1.54) is 6.07 Å². The minimum Gasteiger partial charge on any atom is -0.309 e. The molecule has 0 aliphatic heterocycles. The summed E-state index contributed by atoms with van der Waals surface area (Å²) in [6, 6.07) is 59.4. The van der Waals surface area contributed by atoms with E-state index in [0.717, 1.165) is 71.5 Å². The lowest BCUT2D eigenvalue weighted by atomic mass is 9.94. The average Bonchev–Trinajstić information content (AvgIpc) is 3.86. The zero-order valence-electron chi connectivity index (χ0n) is 34.7. The molecule has 2 heterocycles. The van der Waals surface area contributed by atoms with Crippen LogP contribution in [0.25, 0.3) is 76.9 Å². The third kappa shape index (κ3) is 6.80. The largest absolute Gasteiger partial charge is 0.416 e. The third-order valence-electron chi connectivity index (χ3n) is 12.2. The molecule has 0 saturated carbocycles. The molecule has 11 rings (SSSR count). The smallest absolute Gasteiger partial charge is 0.309 e. The van der Waals surface area contributed by atoms with E-state index in [9.17, 15) is 26.3 Å². The summed E-state index contributed by atoms with van der Waals surface area (Å²) in [6.07, 6.45) is -8.53. The molecule has 0 saturated heterocycles. The summed E-state index contributed by atoms with van der Waals surface area (Å²) in [5.41, 5.74) is 5.42. The predicted molar refractivity (Wildman–Crippen MR) is 254 cm³/mol. The molecule has 10 heteroatoms. The van der Waals surface area contributed by atoms with Gasteiger partial charge in [-0.1, -0.05) is 121 Å². The van der Waals surface area contributed by atoms with Gasteiger partial charge in [0.15, 0.2) is 0 Å². The molecule has 0 aliphatic rings. The first-order chi connectivity index (χ1) is 31.9. The van der Waals surface area contributed by atoms with Crippen LogP contribution in [0.15, 0.2) is 199 Å². The zero-order valence-corrected chi connectivity index (χ0v) is 34.7. The Balaban J connectivity index is 1.01. The van der Waals surface area contributed by atoms with Gasteiger partial charge < -0.3 is 9.13 Å². The Morgan fingerprint density at radius 2 is 0.939 bits per heavy atom. The van der Waals surface area contributed by atoms with Gasteiger partial charge in [-0.2, -0.15) is 26.3 Å². The van der Waals surface area contributed by atoms with Crippen LogP contribution in [0.2, 0.25) is 0 Å². The monoisotopic (exact) mass is 876 g/mol. The Morgan fingerprint density at radius 1 is 0.455 bits per heavy atom. The second kappa shape index (κ2) is 15.5. The van der Waals surface area contributed by atoms with Crippen LogP contribution in [0.1, 0.15) is 27.8 Å². The van der Waals surface area contributed by atoms with Crippen LogP contribution in [0.5, 0.6) is 0 Å². The van der Waals surface area contributed by atoms with Crippen molar-refractivity contribution in [2.45, 2.75) is 12.4 Å². The molecule has 320 valence electrons. The van der Waals surface area contributed by atoms with Crippen molar-refractivity contribution in [2.24, 2.45) is 4.99 Å². The first kappa shape index (κ1) is 40.5. The Kier molecular flexibility index (Phi) is 9.51. The molecule has 0 bridgehead atoms. The van der Waals surface area contributed by atoms with Gasteiger partial charge in [-0.25, -0.2) is 0 Å². The average molecular weight is 877 g/mol. The molecule has 4 nitrogen and oxygen atoms in total. The van der Waals surface area contributed by atoms with Crippen molar-refractivity contribution in [2.75, 3.05) is 0 Å². The fraction of sp³-hybridized carbons (Fsp3) is 0.0357. The van der Waals surface area contributed by atoms with Crippen molar-refractivity contribution in [3.63, 3.8) is 0 Å². The highest BCUT2D eigenvalue weighted by molar-refractivity contribution is 6.22. The van der Waals surface area contributed by atoms with Crippen molar-refractivity contribution in [1.82, 2.24) is 9.13 Å². The highest BCUT2D eigenvalue weighted by Gasteiger charge is 2.37. The normalized spacial score (nSPS) is 12.4. The Hall–Kier alpha value is -8.24. The summed E-state index contributed by atoms with van der Waals surface area (Å²) >= 11 is 0. The zero-order chi connectivity index (χ0) is 45.3. The van der Waals surface area contributed by atoms with Gasteiger partial charge >= 0.3 is 12.4 Å². The lowest BCUT2D eigenvalue weighted by molar-refractivity contribution is -0.143. The molecular weight excluding hydrogens is 843 g/mol. The number of halogens is 6. The van der Waals surface area contributed by atoms with Crippen LogP contribution in [0.3, 0.4) is 0 Å². The first-order valence-electron chi connectivity index (χ1n) is 21.1. The van der Waals surface area contributed by atoms with Gasteiger partial charge in [0.05, 0.1) is 44.6 Å². The second-order valence-electron chi connectivity index (χ2n) is 16.1. The summed E-state index contributed by atoms with van der Waals surface area (Å²) in [5, 5.41) is 14.8. The lowest BCUT2D eigenvalue weighted by Gasteiger charge is -2.16. The fourth-order valence-electron chi connectivity index (χ4n) is 9.32. The van der Waals surface area contributed by atoms with E-state index in [1.54, 1.807) is 24.4 Å². The molecule has 2 aromatic heterocycles. The van der Waals surface area contributed by atoms with Crippen LogP contribution in [0.4, 0.5) is 32.0 Å². The van der Waals surface area contributed by atoms with Crippen LogP contribution in [0, 0.1) is 5.41 Å². The Bertz CT molecular complexity index is 3710. The van der Waals surface area contributed by atoms with E-state index in [0.29, 0.717) is 23.1 Å². The number of fused-ring (bicyclic) bond motifs is 7. The van der Waals surface area contributed by atoms with Gasteiger partial charge in [-0.15, -0.1) is 0 Å². The molecule has 0 unspecified atom stereocenters. The molecule has 9 aromatic carbocycles. The van der Waals surface area contributed by atoms with Gasteiger partial charge in [-0.05, 0) is 94.9 Å². The standard InChI is InChI=1S/C56H34F6N4/c57-55(58,59)37-30-36(31-38(32-37)56(60,61)62)53(63)46-29-26-35-12-4-5-15-41(35)54(46)64-33-34-24-27-40(28-25-34)66-48-21-9-7-17-45(48)52-43(19-11-23-50(52)66)42-18-10-22-49-51(42)44-16-6-8-20-47(44)65(49)39-13-2-1-3-14-39/h1-33,63H. The number of benzene rings is 9. The fourth-order valence-corrected chi connectivity index (χ4v) is 9.32. The summed E-state index contributed by atoms with van der Waals surface area (Å²) in [4.78, 5) is 4.78. The molecule has 11 aromatic rings. The van der Waals surface area contributed by atoms with Crippen molar-refractivity contribution in [3.05, 3.63) is 222 Å². The van der Waals surface area contributed by atoms with Crippen molar-refractivity contribution < 1.29 is 26.3 Å². The van der Waals surface area contributed by atoms with E-state index in [4.69, 9.17) is 10.4 Å². The van der Waals surface area contributed by atoms with Crippen LogP contribution in [-0.2, 0) is 12.4 Å². The van der Waals surface area contributed by atoms with Gasteiger partial charge in [0.1, 0.15) is 0 Å². The maximum atomic E-state index is 13.8. The number of aromatic nitrogens is 2. The van der Waals surface area contributed by atoms with Crippen LogP contribution >= 0.6 is 0 Å². The van der Waals surface area contributed by atoms with E-state index < -0.39 is 34.8 Å². The molecule has 66 heavy (non-hydrogen) atoms. The summed E-state index contributed by atoms with van der Waals surface area (Å²) < 4.78 is 87.6. The van der Waals surface area contributed by atoms with Gasteiger partial charge in [0, 0.05) is 55.6 Å². The minimum atomic E-state index is -5.06. The number of hydrogen-bond acceptors (Lipinski definition) is 2. The number of para-hydroxylation sites is 3. The molecule has 0 amide bonds. The van der Waals surface area contributed by atoms with Gasteiger partial charge in [-0.3, -0.25) is 10.4 Å². The number of nitrogens with one attached hydrogen (secondary N) is 1. The van der Waals surface area contributed by atoms with E-state index >= 15 is 0 Å². The number of rotatable bonds is 7. The van der Waals surface area contributed by atoms with Crippen LogP contribution in [-0.4, -0.2) is 21.1 Å². The number of nitrogens with zero attached hydrogens (tertiary/aromatic N) is 3. The van der Waals surface area contributed by atoms with Crippen LogP contribution < -0.4 is 0 Å². The van der Waals surface area contributed by atoms with E-state index in [-0.39, 0.29) is 17.3 Å².